The second-order valence-corrected chi connectivity index (χ2v) is 6.08. The molecule has 0 spiro atoms. The SMILES string of the molecule is CCCn1c(C(Cl)(Cl)Cl)nc2c(N)cccc21. The number of imidazole rings is 1. The molecule has 2 aromatic rings. The van der Waals surface area contributed by atoms with Crippen molar-refractivity contribution in [2.45, 2.75) is 23.7 Å². The van der Waals surface area contributed by atoms with Gasteiger partial charge in [0.15, 0.2) is 5.82 Å². The summed E-state index contributed by atoms with van der Waals surface area (Å²) in [5.74, 6) is 0.414. The van der Waals surface area contributed by atoms with Gasteiger partial charge in [-0.3, -0.25) is 0 Å². The number of para-hydroxylation sites is 1. The van der Waals surface area contributed by atoms with E-state index in [0.29, 0.717) is 17.0 Å². The fraction of sp³-hybridized carbons (Fsp3) is 0.364. The van der Waals surface area contributed by atoms with Crippen LogP contribution in [-0.4, -0.2) is 9.55 Å². The molecular weight excluding hydrogens is 281 g/mol. The maximum absolute atomic E-state index is 5.93. The Kier molecular flexibility index (Phi) is 3.43. The molecule has 0 saturated heterocycles. The third-order valence-corrected chi connectivity index (χ3v) is 3.02. The lowest BCUT2D eigenvalue weighted by Crippen LogP contribution is -2.11. The standard InChI is InChI=1S/C11H12Cl3N3/c1-2-6-17-8-5-3-4-7(15)9(8)16-10(17)11(12,13)14/h3-5H,2,6,15H2,1H3. The first kappa shape index (κ1) is 12.8. The van der Waals surface area contributed by atoms with Crippen LogP contribution in [-0.2, 0) is 10.3 Å². The van der Waals surface area contributed by atoms with Crippen LogP contribution in [0.4, 0.5) is 5.69 Å². The number of nitrogens with two attached hydrogens (primary N) is 1. The van der Waals surface area contributed by atoms with Crippen LogP contribution in [0.5, 0.6) is 0 Å². The second kappa shape index (κ2) is 4.56. The van der Waals surface area contributed by atoms with Gasteiger partial charge in [-0.25, -0.2) is 4.98 Å². The van der Waals surface area contributed by atoms with Gasteiger partial charge in [0, 0.05) is 6.54 Å². The maximum Gasteiger partial charge on any atom is 0.248 e. The van der Waals surface area contributed by atoms with Crippen molar-refractivity contribution in [1.29, 1.82) is 0 Å². The van der Waals surface area contributed by atoms with E-state index in [1.165, 1.54) is 0 Å². The first-order chi connectivity index (χ1) is 7.95. The minimum absolute atomic E-state index is 0.414. The average molecular weight is 293 g/mol. The van der Waals surface area contributed by atoms with Gasteiger partial charge in [0.05, 0.1) is 11.2 Å². The van der Waals surface area contributed by atoms with Crippen molar-refractivity contribution in [2.24, 2.45) is 0 Å². The van der Waals surface area contributed by atoms with E-state index in [9.17, 15) is 0 Å². The van der Waals surface area contributed by atoms with Crippen molar-refractivity contribution >= 4 is 51.5 Å². The Labute approximate surface area is 114 Å². The van der Waals surface area contributed by atoms with E-state index in [4.69, 9.17) is 40.5 Å². The normalized spacial score (nSPS) is 12.2. The second-order valence-electron chi connectivity index (χ2n) is 3.80. The maximum atomic E-state index is 5.93. The van der Waals surface area contributed by atoms with E-state index in [0.717, 1.165) is 18.5 Å². The molecule has 0 fully saturated rings. The third kappa shape index (κ3) is 2.32. The highest BCUT2D eigenvalue weighted by atomic mass is 35.6. The fourth-order valence-corrected chi connectivity index (χ4v) is 2.27. The predicted molar refractivity (Wildman–Crippen MR) is 73.7 cm³/mol. The number of benzene rings is 1. The summed E-state index contributed by atoms with van der Waals surface area (Å²) in [7, 11) is 0. The van der Waals surface area contributed by atoms with Crippen molar-refractivity contribution in [3.8, 4) is 0 Å². The van der Waals surface area contributed by atoms with E-state index in [2.05, 4.69) is 11.9 Å². The van der Waals surface area contributed by atoms with Crippen LogP contribution in [0.15, 0.2) is 18.2 Å². The Bertz CT molecular complexity index is 543. The van der Waals surface area contributed by atoms with Crippen molar-refractivity contribution in [3.05, 3.63) is 24.0 Å². The highest BCUT2D eigenvalue weighted by molar-refractivity contribution is 6.66. The van der Waals surface area contributed by atoms with Crippen LogP contribution in [0.25, 0.3) is 11.0 Å². The molecule has 17 heavy (non-hydrogen) atoms. The molecule has 2 rings (SSSR count). The summed E-state index contributed by atoms with van der Waals surface area (Å²) in [5, 5.41) is 0. The van der Waals surface area contributed by atoms with Crippen LogP contribution >= 0.6 is 34.8 Å². The molecule has 0 unspecified atom stereocenters. The largest absolute Gasteiger partial charge is 0.397 e. The molecule has 0 bridgehead atoms. The van der Waals surface area contributed by atoms with Crippen LogP contribution in [0, 0.1) is 0 Å². The molecule has 92 valence electrons. The first-order valence-corrected chi connectivity index (χ1v) is 6.40. The van der Waals surface area contributed by atoms with Crippen LogP contribution in [0.1, 0.15) is 19.2 Å². The summed E-state index contributed by atoms with van der Waals surface area (Å²) < 4.78 is 0.360. The summed E-state index contributed by atoms with van der Waals surface area (Å²) in [4.78, 5) is 4.34. The average Bonchev–Trinajstić information content (AvgIpc) is 2.59. The van der Waals surface area contributed by atoms with Crippen molar-refractivity contribution in [1.82, 2.24) is 9.55 Å². The molecule has 3 nitrogen and oxygen atoms in total. The molecule has 0 amide bonds. The summed E-state index contributed by atoms with van der Waals surface area (Å²) in [6, 6.07) is 5.58. The Morgan fingerprint density at radius 3 is 2.65 bits per heavy atom. The molecule has 1 heterocycles. The van der Waals surface area contributed by atoms with E-state index in [1.807, 2.05) is 16.7 Å². The fourth-order valence-electron chi connectivity index (χ4n) is 1.84. The number of nitrogens with zero attached hydrogens (tertiary/aromatic N) is 2. The number of hydrogen-bond acceptors (Lipinski definition) is 2. The molecule has 0 aliphatic heterocycles. The molecule has 1 aromatic carbocycles. The monoisotopic (exact) mass is 291 g/mol. The molecule has 2 N–H and O–H groups in total. The molecule has 0 atom stereocenters. The van der Waals surface area contributed by atoms with Gasteiger partial charge in [-0.15, -0.1) is 0 Å². The molecule has 6 heteroatoms. The van der Waals surface area contributed by atoms with Gasteiger partial charge < -0.3 is 10.3 Å². The number of alkyl halides is 3. The van der Waals surface area contributed by atoms with E-state index < -0.39 is 3.79 Å². The number of nitrogen functional groups attached to an aromatic ring is 1. The number of aromatic nitrogens is 2. The van der Waals surface area contributed by atoms with Crippen molar-refractivity contribution in [2.75, 3.05) is 5.73 Å². The van der Waals surface area contributed by atoms with Crippen molar-refractivity contribution in [3.63, 3.8) is 0 Å². The lowest BCUT2D eigenvalue weighted by molar-refractivity contribution is 0.662. The number of hydrogen-bond donors (Lipinski definition) is 1. The predicted octanol–water partition coefficient (Wildman–Crippen LogP) is 3.86. The van der Waals surface area contributed by atoms with E-state index in [1.54, 1.807) is 6.07 Å². The van der Waals surface area contributed by atoms with Gasteiger partial charge >= 0.3 is 0 Å². The zero-order chi connectivity index (χ0) is 12.6. The number of rotatable bonds is 2. The summed E-state index contributed by atoms with van der Waals surface area (Å²) >= 11 is 17.8. The van der Waals surface area contributed by atoms with E-state index in [-0.39, 0.29) is 0 Å². The molecular formula is C11H12Cl3N3. The van der Waals surface area contributed by atoms with Crippen molar-refractivity contribution < 1.29 is 0 Å². The molecule has 0 radical (unpaired) electrons. The smallest absolute Gasteiger partial charge is 0.248 e. The first-order valence-electron chi connectivity index (χ1n) is 5.27. The zero-order valence-corrected chi connectivity index (χ0v) is 11.5. The summed E-state index contributed by atoms with van der Waals surface area (Å²) in [6.45, 7) is 2.80. The van der Waals surface area contributed by atoms with Gasteiger partial charge in [-0.2, -0.15) is 0 Å². The van der Waals surface area contributed by atoms with Crippen LogP contribution in [0.2, 0.25) is 0 Å². The van der Waals surface area contributed by atoms with Gasteiger partial charge in [0.1, 0.15) is 5.52 Å². The molecule has 0 aliphatic rings. The van der Waals surface area contributed by atoms with Crippen LogP contribution in [0.3, 0.4) is 0 Å². The Balaban J connectivity index is 2.75. The molecule has 0 aliphatic carbocycles. The quantitative estimate of drug-likeness (QED) is 0.675. The number of aryl methyl sites for hydroxylation is 1. The highest BCUT2D eigenvalue weighted by Gasteiger charge is 2.30. The zero-order valence-electron chi connectivity index (χ0n) is 9.25. The van der Waals surface area contributed by atoms with Gasteiger partial charge in [-0.1, -0.05) is 47.8 Å². The number of halogens is 3. The van der Waals surface area contributed by atoms with Gasteiger partial charge in [0.2, 0.25) is 3.79 Å². The molecule has 0 saturated carbocycles. The summed E-state index contributed by atoms with van der Waals surface area (Å²) in [5.41, 5.74) is 8.04. The Morgan fingerprint density at radius 1 is 1.35 bits per heavy atom. The lowest BCUT2D eigenvalue weighted by atomic mass is 10.2. The van der Waals surface area contributed by atoms with Gasteiger partial charge in [0.25, 0.3) is 0 Å². The van der Waals surface area contributed by atoms with Crippen LogP contribution < -0.4 is 5.73 Å². The lowest BCUT2D eigenvalue weighted by Gasteiger charge is -2.13. The minimum Gasteiger partial charge on any atom is -0.397 e. The van der Waals surface area contributed by atoms with E-state index >= 15 is 0 Å². The molecule has 1 aromatic heterocycles. The number of anilines is 1. The highest BCUT2D eigenvalue weighted by Crippen LogP contribution is 2.39. The Hall–Kier alpha value is -0.640. The topological polar surface area (TPSA) is 43.8 Å². The van der Waals surface area contributed by atoms with Gasteiger partial charge in [-0.05, 0) is 18.6 Å². The Morgan fingerprint density at radius 2 is 2.06 bits per heavy atom. The number of fused-ring (bicyclic) bond motifs is 1. The minimum atomic E-state index is -1.54. The third-order valence-electron chi connectivity index (χ3n) is 2.51. The summed E-state index contributed by atoms with van der Waals surface area (Å²) in [6.07, 6.45) is 0.925.